The predicted molar refractivity (Wildman–Crippen MR) is 96.8 cm³/mol. The van der Waals surface area contributed by atoms with Gasteiger partial charge >= 0.3 is 0 Å². The number of amides is 1. The third kappa shape index (κ3) is 3.51. The Balaban J connectivity index is 1.61. The van der Waals surface area contributed by atoms with Gasteiger partial charge in [-0.2, -0.15) is 0 Å². The summed E-state index contributed by atoms with van der Waals surface area (Å²) in [5.41, 5.74) is 2.17. The molecule has 1 aromatic carbocycles. The van der Waals surface area contributed by atoms with Crippen LogP contribution in [0.2, 0.25) is 0 Å². The lowest BCUT2D eigenvalue weighted by atomic mass is 10.1. The van der Waals surface area contributed by atoms with E-state index in [0.29, 0.717) is 12.5 Å². The van der Waals surface area contributed by atoms with Crippen LogP contribution < -0.4 is 5.32 Å². The Morgan fingerprint density at radius 3 is 3.04 bits per heavy atom. The fraction of sp³-hybridized carbons (Fsp3) is 0.474. The highest BCUT2D eigenvalue weighted by Crippen LogP contribution is 2.22. The number of rotatable bonds is 8. The maximum Gasteiger partial charge on any atom is 0.222 e. The molecule has 128 valence electrons. The molecule has 0 saturated carbocycles. The highest BCUT2D eigenvalue weighted by atomic mass is 16.2. The summed E-state index contributed by atoms with van der Waals surface area (Å²) < 4.78 is 2.14. The van der Waals surface area contributed by atoms with Crippen molar-refractivity contribution in [2.45, 2.75) is 31.7 Å². The van der Waals surface area contributed by atoms with Crippen LogP contribution in [0.3, 0.4) is 0 Å². The topological polar surface area (TPSA) is 50.2 Å². The van der Waals surface area contributed by atoms with Crippen molar-refractivity contribution in [3.05, 3.63) is 42.7 Å². The summed E-state index contributed by atoms with van der Waals surface area (Å²) in [5.74, 6) is 1.32. The van der Waals surface area contributed by atoms with Crippen LogP contribution in [-0.4, -0.2) is 46.0 Å². The summed E-state index contributed by atoms with van der Waals surface area (Å²) in [5, 5.41) is 3.33. The van der Waals surface area contributed by atoms with Gasteiger partial charge in [0, 0.05) is 39.0 Å². The van der Waals surface area contributed by atoms with Crippen LogP contribution in [0.25, 0.3) is 11.0 Å². The first kappa shape index (κ1) is 16.7. The molecule has 0 bridgehead atoms. The second-order valence-electron chi connectivity index (χ2n) is 6.39. The Morgan fingerprint density at radius 1 is 1.42 bits per heavy atom. The van der Waals surface area contributed by atoms with E-state index in [0.717, 1.165) is 55.8 Å². The van der Waals surface area contributed by atoms with Gasteiger partial charge in [-0.3, -0.25) is 4.79 Å². The van der Waals surface area contributed by atoms with Gasteiger partial charge in [0.15, 0.2) is 0 Å². The molecule has 0 aliphatic carbocycles. The fourth-order valence-electron chi connectivity index (χ4n) is 3.51. The number of para-hydroxylation sites is 2. The van der Waals surface area contributed by atoms with Gasteiger partial charge in [0.2, 0.25) is 5.91 Å². The maximum absolute atomic E-state index is 12.2. The van der Waals surface area contributed by atoms with Crippen molar-refractivity contribution in [1.82, 2.24) is 19.8 Å². The van der Waals surface area contributed by atoms with E-state index in [9.17, 15) is 4.79 Å². The van der Waals surface area contributed by atoms with Crippen molar-refractivity contribution in [2.75, 3.05) is 19.6 Å². The van der Waals surface area contributed by atoms with Crippen LogP contribution in [0, 0.1) is 0 Å². The Hall–Kier alpha value is -2.14. The molecular weight excluding hydrogens is 300 g/mol. The summed E-state index contributed by atoms with van der Waals surface area (Å²) in [4.78, 5) is 19.0. The zero-order chi connectivity index (χ0) is 16.9. The highest BCUT2D eigenvalue weighted by Gasteiger charge is 2.30. The van der Waals surface area contributed by atoms with E-state index >= 15 is 0 Å². The van der Waals surface area contributed by atoms with E-state index in [4.69, 9.17) is 4.98 Å². The van der Waals surface area contributed by atoms with Crippen molar-refractivity contribution in [2.24, 2.45) is 7.05 Å². The minimum Gasteiger partial charge on any atom is -0.339 e. The molecule has 1 saturated heterocycles. The molecule has 0 spiro atoms. The van der Waals surface area contributed by atoms with Crippen LogP contribution in [0.1, 0.15) is 25.1 Å². The van der Waals surface area contributed by atoms with Crippen molar-refractivity contribution in [3.8, 4) is 0 Å². The molecule has 0 radical (unpaired) electrons. The van der Waals surface area contributed by atoms with E-state index in [-0.39, 0.29) is 5.91 Å². The molecule has 1 aliphatic rings. The second-order valence-corrected chi connectivity index (χ2v) is 6.39. The first-order valence-electron chi connectivity index (χ1n) is 8.72. The highest BCUT2D eigenvalue weighted by molar-refractivity contribution is 5.79. The standard InChI is InChI=1S/C19H26N4O/c1-3-12-20-13-10-15-8-9-19(24)23(15)14-11-18-21-16-6-4-5-7-17(16)22(18)2/h3-7,15,20H,1,8-14H2,2H3/t15-/m1/s1. The molecule has 1 amide bonds. The van der Waals surface area contributed by atoms with Gasteiger partial charge in [0.1, 0.15) is 5.82 Å². The van der Waals surface area contributed by atoms with Gasteiger partial charge in [0.05, 0.1) is 11.0 Å². The van der Waals surface area contributed by atoms with Crippen molar-refractivity contribution < 1.29 is 4.79 Å². The van der Waals surface area contributed by atoms with E-state index in [1.54, 1.807) is 0 Å². The molecular formula is C19H26N4O. The summed E-state index contributed by atoms with van der Waals surface area (Å²) in [7, 11) is 2.05. The molecule has 24 heavy (non-hydrogen) atoms. The molecule has 1 aromatic heterocycles. The number of imidazole rings is 1. The molecule has 1 fully saturated rings. The van der Waals surface area contributed by atoms with Crippen LogP contribution in [0.5, 0.6) is 0 Å². The number of benzene rings is 1. The summed E-state index contributed by atoms with van der Waals surface area (Å²) >= 11 is 0. The molecule has 2 aromatic rings. The number of nitrogens with one attached hydrogen (secondary N) is 1. The number of carbonyl (C=O) groups excluding carboxylic acids is 1. The predicted octanol–water partition coefficient (Wildman–Crippen LogP) is 2.27. The lowest BCUT2D eigenvalue weighted by Crippen LogP contribution is -2.37. The molecule has 1 N–H and O–H groups in total. The minimum absolute atomic E-state index is 0.280. The average Bonchev–Trinajstić information content (AvgIpc) is 3.10. The number of aromatic nitrogens is 2. The van der Waals surface area contributed by atoms with E-state index in [2.05, 4.69) is 27.4 Å². The average molecular weight is 326 g/mol. The Bertz CT molecular complexity index is 721. The van der Waals surface area contributed by atoms with Crippen molar-refractivity contribution in [1.29, 1.82) is 0 Å². The van der Waals surface area contributed by atoms with E-state index in [1.165, 1.54) is 0 Å². The quantitative estimate of drug-likeness (QED) is 0.598. The Morgan fingerprint density at radius 2 is 2.25 bits per heavy atom. The SMILES string of the molecule is C=CCNCC[C@H]1CCC(=O)N1CCc1nc2ccccc2n1C. The maximum atomic E-state index is 12.2. The third-order valence-electron chi connectivity index (χ3n) is 4.85. The van der Waals surface area contributed by atoms with Crippen LogP contribution in [-0.2, 0) is 18.3 Å². The molecule has 1 atom stereocenters. The number of nitrogens with zero attached hydrogens (tertiary/aromatic N) is 3. The number of likely N-dealkylation sites (tertiary alicyclic amines) is 1. The lowest BCUT2D eigenvalue weighted by molar-refractivity contribution is -0.129. The van der Waals surface area contributed by atoms with E-state index in [1.807, 2.05) is 31.3 Å². The van der Waals surface area contributed by atoms with Crippen LogP contribution >= 0.6 is 0 Å². The van der Waals surface area contributed by atoms with Gasteiger partial charge in [-0.05, 0) is 31.5 Å². The zero-order valence-corrected chi connectivity index (χ0v) is 14.4. The van der Waals surface area contributed by atoms with E-state index < -0.39 is 0 Å². The third-order valence-corrected chi connectivity index (χ3v) is 4.85. The van der Waals surface area contributed by atoms with Crippen molar-refractivity contribution in [3.63, 3.8) is 0 Å². The largest absolute Gasteiger partial charge is 0.339 e. The number of carbonyl (C=O) groups is 1. The number of aryl methyl sites for hydroxylation is 1. The molecule has 1 aliphatic heterocycles. The fourth-order valence-corrected chi connectivity index (χ4v) is 3.51. The normalized spacial score (nSPS) is 17.8. The number of fused-ring (bicyclic) bond motifs is 1. The Kier molecular flexibility index (Phi) is 5.30. The van der Waals surface area contributed by atoms with Gasteiger partial charge in [-0.25, -0.2) is 4.98 Å². The monoisotopic (exact) mass is 326 g/mol. The first-order chi connectivity index (χ1) is 11.7. The van der Waals surface area contributed by atoms with Crippen LogP contribution in [0.4, 0.5) is 0 Å². The smallest absolute Gasteiger partial charge is 0.222 e. The van der Waals surface area contributed by atoms with Gasteiger partial charge in [0.25, 0.3) is 0 Å². The van der Waals surface area contributed by atoms with Gasteiger partial charge in [-0.1, -0.05) is 18.2 Å². The molecule has 5 nitrogen and oxygen atoms in total. The molecule has 0 unspecified atom stereocenters. The minimum atomic E-state index is 0.280. The number of hydrogen-bond acceptors (Lipinski definition) is 3. The van der Waals surface area contributed by atoms with Crippen LogP contribution in [0.15, 0.2) is 36.9 Å². The number of hydrogen-bond donors (Lipinski definition) is 1. The second kappa shape index (κ2) is 7.62. The molecule has 3 rings (SSSR count). The zero-order valence-electron chi connectivity index (χ0n) is 14.4. The lowest BCUT2D eigenvalue weighted by Gasteiger charge is -2.25. The summed E-state index contributed by atoms with van der Waals surface area (Å²) in [6, 6.07) is 8.51. The van der Waals surface area contributed by atoms with Gasteiger partial charge in [-0.15, -0.1) is 6.58 Å². The van der Waals surface area contributed by atoms with Crippen molar-refractivity contribution >= 4 is 16.9 Å². The molecule has 2 heterocycles. The first-order valence-corrected chi connectivity index (χ1v) is 8.72. The summed E-state index contributed by atoms with van der Waals surface area (Å²) in [6.07, 6.45) is 5.31. The molecule has 5 heteroatoms. The van der Waals surface area contributed by atoms with Gasteiger partial charge < -0.3 is 14.8 Å². The summed E-state index contributed by atoms with van der Waals surface area (Å²) in [6.45, 7) is 6.21. The Labute approximate surface area is 143 Å².